The predicted molar refractivity (Wildman–Crippen MR) is 107 cm³/mol. The summed E-state index contributed by atoms with van der Waals surface area (Å²) in [6.45, 7) is 1.54. The lowest BCUT2D eigenvalue weighted by Gasteiger charge is -2.29. The Bertz CT molecular complexity index is 717. The van der Waals surface area contributed by atoms with E-state index in [2.05, 4.69) is 0 Å². The van der Waals surface area contributed by atoms with Crippen molar-refractivity contribution < 1.29 is 19.1 Å². The van der Waals surface area contributed by atoms with Gasteiger partial charge < -0.3 is 14.4 Å². The van der Waals surface area contributed by atoms with E-state index in [-0.39, 0.29) is 24.4 Å². The van der Waals surface area contributed by atoms with Crippen molar-refractivity contribution in [3.63, 3.8) is 0 Å². The van der Waals surface area contributed by atoms with Crippen LogP contribution < -0.4 is 0 Å². The molecule has 0 radical (unpaired) electrons. The molecule has 2 aromatic rings. The summed E-state index contributed by atoms with van der Waals surface area (Å²) in [4.78, 5) is 27.1. The van der Waals surface area contributed by atoms with Crippen LogP contribution in [0.25, 0.3) is 0 Å². The first-order valence-corrected chi connectivity index (χ1v) is 9.76. The summed E-state index contributed by atoms with van der Waals surface area (Å²) >= 11 is 0. The molecule has 1 amide bonds. The van der Waals surface area contributed by atoms with Gasteiger partial charge in [0.05, 0.1) is 25.6 Å². The van der Waals surface area contributed by atoms with Gasteiger partial charge in [0.25, 0.3) is 0 Å². The van der Waals surface area contributed by atoms with E-state index in [1.807, 2.05) is 60.7 Å². The number of rotatable bonds is 8. The first kappa shape index (κ1) is 20.1. The van der Waals surface area contributed by atoms with Crippen molar-refractivity contribution in [1.82, 2.24) is 4.90 Å². The van der Waals surface area contributed by atoms with Gasteiger partial charge in [0.2, 0.25) is 5.91 Å². The van der Waals surface area contributed by atoms with E-state index < -0.39 is 5.92 Å². The number of esters is 1. The second kappa shape index (κ2) is 10.0. The van der Waals surface area contributed by atoms with Crippen LogP contribution in [0.15, 0.2) is 60.7 Å². The minimum atomic E-state index is -0.415. The number of nitrogens with zero attached hydrogens (tertiary/aromatic N) is 1. The van der Waals surface area contributed by atoms with Gasteiger partial charge in [0, 0.05) is 19.7 Å². The molecular weight excluding hydrogens is 354 g/mol. The Morgan fingerprint density at radius 2 is 1.68 bits per heavy atom. The molecule has 0 spiro atoms. The molecule has 1 atom stereocenters. The standard InChI is InChI=1S/C23H27NO4/c1-27-21(25)14-15-24(17-20-13-8-16-28-20)23(26)22(18-9-4-2-5-10-18)19-11-6-3-7-12-19/h2-7,9-12,20,22H,8,13-17H2,1H3. The second-order valence-corrected chi connectivity index (χ2v) is 7.00. The number of hydrogen-bond acceptors (Lipinski definition) is 4. The van der Waals surface area contributed by atoms with Crippen LogP contribution in [0, 0.1) is 0 Å². The average molecular weight is 381 g/mol. The molecule has 1 aliphatic heterocycles. The van der Waals surface area contributed by atoms with Gasteiger partial charge in [0.1, 0.15) is 0 Å². The van der Waals surface area contributed by atoms with Crippen molar-refractivity contribution >= 4 is 11.9 Å². The third kappa shape index (κ3) is 5.20. The fourth-order valence-corrected chi connectivity index (χ4v) is 3.61. The van der Waals surface area contributed by atoms with Crippen molar-refractivity contribution in [2.75, 3.05) is 26.8 Å². The Morgan fingerprint density at radius 1 is 1.07 bits per heavy atom. The molecule has 1 saturated heterocycles. The molecule has 148 valence electrons. The monoisotopic (exact) mass is 381 g/mol. The normalized spacial score (nSPS) is 16.1. The smallest absolute Gasteiger partial charge is 0.307 e. The summed E-state index contributed by atoms with van der Waals surface area (Å²) in [5.74, 6) is -0.751. The Hall–Kier alpha value is -2.66. The number of methoxy groups -OCH3 is 1. The Morgan fingerprint density at radius 3 is 2.18 bits per heavy atom. The Labute approximate surface area is 166 Å². The molecule has 1 fully saturated rings. The quantitative estimate of drug-likeness (QED) is 0.658. The molecule has 1 heterocycles. The van der Waals surface area contributed by atoms with Crippen LogP contribution in [0.4, 0.5) is 0 Å². The largest absolute Gasteiger partial charge is 0.469 e. The van der Waals surface area contributed by atoms with Crippen LogP contribution in [-0.4, -0.2) is 49.7 Å². The average Bonchev–Trinajstić information content (AvgIpc) is 3.25. The van der Waals surface area contributed by atoms with Gasteiger partial charge in [-0.25, -0.2) is 0 Å². The molecule has 0 saturated carbocycles. The maximum absolute atomic E-state index is 13.7. The molecule has 0 aliphatic carbocycles. The van der Waals surface area contributed by atoms with E-state index in [0.29, 0.717) is 13.1 Å². The van der Waals surface area contributed by atoms with E-state index >= 15 is 0 Å². The zero-order valence-electron chi connectivity index (χ0n) is 16.3. The van der Waals surface area contributed by atoms with Crippen molar-refractivity contribution in [1.29, 1.82) is 0 Å². The first-order valence-electron chi connectivity index (χ1n) is 9.76. The molecule has 1 unspecified atom stereocenters. The summed E-state index contributed by atoms with van der Waals surface area (Å²) in [6.07, 6.45) is 2.13. The second-order valence-electron chi connectivity index (χ2n) is 7.00. The zero-order valence-corrected chi connectivity index (χ0v) is 16.3. The highest BCUT2D eigenvalue weighted by atomic mass is 16.5. The number of benzene rings is 2. The fourth-order valence-electron chi connectivity index (χ4n) is 3.61. The minimum absolute atomic E-state index is 0.0168. The number of carbonyl (C=O) groups excluding carboxylic acids is 2. The molecule has 0 bridgehead atoms. The molecule has 0 aromatic heterocycles. The minimum Gasteiger partial charge on any atom is -0.469 e. The van der Waals surface area contributed by atoms with Crippen molar-refractivity contribution in [3.8, 4) is 0 Å². The highest BCUT2D eigenvalue weighted by molar-refractivity contribution is 5.87. The van der Waals surface area contributed by atoms with Crippen molar-refractivity contribution in [3.05, 3.63) is 71.8 Å². The molecule has 5 heteroatoms. The van der Waals surface area contributed by atoms with Crippen LogP contribution in [0.1, 0.15) is 36.3 Å². The third-order valence-electron chi connectivity index (χ3n) is 5.09. The number of carbonyl (C=O) groups is 2. The third-order valence-corrected chi connectivity index (χ3v) is 5.09. The molecule has 28 heavy (non-hydrogen) atoms. The number of amides is 1. The summed E-state index contributed by atoms with van der Waals surface area (Å²) in [7, 11) is 1.37. The van der Waals surface area contributed by atoms with Crippen LogP contribution >= 0.6 is 0 Å². The molecule has 0 N–H and O–H groups in total. The van der Waals surface area contributed by atoms with Crippen LogP contribution in [0.3, 0.4) is 0 Å². The molecule has 1 aliphatic rings. The number of ether oxygens (including phenoxy) is 2. The van der Waals surface area contributed by atoms with Crippen LogP contribution in [0.2, 0.25) is 0 Å². The van der Waals surface area contributed by atoms with Gasteiger partial charge in [-0.05, 0) is 24.0 Å². The summed E-state index contributed by atoms with van der Waals surface area (Å²) in [6, 6.07) is 19.5. The lowest BCUT2D eigenvalue weighted by Crippen LogP contribution is -2.41. The van der Waals surface area contributed by atoms with Gasteiger partial charge in [-0.3, -0.25) is 9.59 Å². The molecular formula is C23H27NO4. The van der Waals surface area contributed by atoms with E-state index in [0.717, 1.165) is 30.6 Å². The van der Waals surface area contributed by atoms with Crippen molar-refractivity contribution in [2.45, 2.75) is 31.3 Å². The van der Waals surface area contributed by atoms with Gasteiger partial charge in [-0.15, -0.1) is 0 Å². The predicted octanol–water partition coefficient (Wildman–Crippen LogP) is 3.39. The topological polar surface area (TPSA) is 55.8 Å². The number of hydrogen-bond donors (Lipinski definition) is 0. The fraction of sp³-hybridized carbons (Fsp3) is 0.391. The van der Waals surface area contributed by atoms with Crippen LogP contribution in [-0.2, 0) is 19.1 Å². The maximum Gasteiger partial charge on any atom is 0.307 e. The van der Waals surface area contributed by atoms with E-state index in [1.54, 1.807) is 4.90 Å². The molecule has 2 aromatic carbocycles. The van der Waals surface area contributed by atoms with Crippen LogP contribution in [0.5, 0.6) is 0 Å². The van der Waals surface area contributed by atoms with Gasteiger partial charge in [-0.1, -0.05) is 60.7 Å². The van der Waals surface area contributed by atoms with Gasteiger partial charge in [0.15, 0.2) is 0 Å². The first-order chi connectivity index (χ1) is 13.7. The van der Waals surface area contributed by atoms with Crippen molar-refractivity contribution in [2.24, 2.45) is 0 Å². The maximum atomic E-state index is 13.7. The SMILES string of the molecule is COC(=O)CCN(CC1CCCO1)C(=O)C(c1ccccc1)c1ccccc1. The highest BCUT2D eigenvalue weighted by Gasteiger charge is 2.30. The summed E-state index contributed by atoms with van der Waals surface area (Å²) < 4.78 is 10.5. The highest BCUT2D eigenvalue weighted by Crippen LogP contribution is 2.28. The van der Waals surface area contributed by atoms with E-state index in [4.69, 9.17) is 9.47 Å². The van der Waals surface area contributed by atoms with E-state index in [9.17, 15) is 9.59 Å². The molecule has 5 nitrogen and oxygen atoms in total. The van der Waals surface area contributed by atoms with E-state index in [1.165, 1.54) is 7.11 Å². The Balaban J connectivity index is 1.87. The lowest BCUT2D eigenvalue weighted by atomic mass is 9.90. The molecule has 3 rings (SSSR count). The summed E-state index contributed by atoms with van der Waals surface area (Å²) in [5, 5.41) is 0. The zero-order chi connectivity index (χ0) is 19.8. The van der Waals surface area contributed by atoms with Gasteiger partial charge >= 0.3 is 5.97 Å². The Kier molecular flexibility index (Phi) is 7.20. The summed E-state index contributed by atoms with van der Waals surface area (Å²) in [5.41, 5.74) is 1.88. The van der Waals surface area contributed by atoms with Gasteiger partial charge in [-0.2, -0.15) is 0 Å². The lowest BCUT2D eigenvalue weighted by molar-refractivity contribution is -0.142.